The number of carbonyl (C=O) groups is 1. The van der Waals surface area contributed by atoms with E-state index < -0.39 is 5.60 Å². The first-order valence-electron chi connectivity index (χ1n) is 8.65. The molecule has 0 saturated heterocycles. The van der Waals surface area contributed by atoms with Crippen molar-refractivity contribution in [2.24, 2.45) is 0 Å². The van der Waals surface area contributed by atoms with Gasteiger partial charge in [0.2, 0.25) is 0 Å². The van der Waals surface area contributed by atoms with Crippen LogP contribution < -0.4 is 9.47 Å². The minimum absolute atomic E-state index is 0.0726. The van der Waals surface area contributed by atoms with Gasteiger partial charge in [0.1, 0.15) is 17.6 Å². The molecule has 0 fully saturated rings. The monoisotopic (exact) mass is 352 g/mol. The molecule has 4 nitrogen and oxygen atoms in total. The van der Waals surface area contributed by atoms with Crippen LogP contribution in [-0.2, 0) is 4.74 Å². The Kier molecular flexibility index (Phi) is 5.14. The molecule has 2 aromatic rings. The molecule has 0 aromatic heterocycles. The van der Waals surface area contributed by atoms with E-state index in [9.17, 15) is 4.79 Å². The van der Waals surface area contributed by atoms with Crippen LogP contribution in [0.2, 0.25) is 0 Å². The summed E-state index contributed by atoms with van der Waals surface area (Å²) < 4.78 is 17.2. The van der Waals surface area contributed by atoms with Crippen molar-refractivity contribution in [3.05, 3.63) is 65.2 Å². The van der Waals surface area contributed by atoms with Gasteiger partial charge in [0, 0.05) is 7.11 Å². The minimum Gasteiger partial charge on any atom is -0.496 e. The molecule has 1 aliphatic rings. The molecule has 0 amide bonds. The first kappa shape index (κ1) is 18.2. The predicted octanol–water partition coefficient (Wildman–Crippen LogP) is 4.84. The number of hydrogen-bond donors (Lipinski definition) is 0. The Labute approximate surface area is 154 Å². The largest absolute Gasteiger partial charge is 0.496 e. The van der Waals surface area contributed by atoms with Gasteiger partial charge in [0.25, 0.3) is 0 Å². The number of ether oxygens (including phenoxy) is 3. The SMILES string of the molecule is COc1ccc2c(c1/C=C/C(C)(C)OC)O[C@H](c1ccccc1)CC2=O. The van der Waals surface area contributed by atoms with Crippen LogP contribution in [0.1, 0.15) is 47.9 Å². The molecule has 0 aliphatic carbocycles. The van der Waals surface area contributed by atoms with E-state index in [0.29, 0.717) is 23.5 Å². The quantitative estimate of drug-likeness (QED) is 0.772. The minimum atomic E-state index is -0.439. The van der Waals surface area contributed by atoms with Crippen LogP contribution in [0.25, 0.3) is 6.08 Å². The van der Waals surface area contributed by atoms with Gasteiger partial charge in [-0.25, -0.2) is 0 Å². The Morgan fingerprint density at radius 2 is 1.85 bits per heavy atom. The van der Waals surface area contributed by atoms with Gasteiger partial charge in [0.05, 0.1) is 30.3 Å². The molecule has 1 atom stereocenters. The molecule has 1 aliphatic heterocycles. The number of methoxy groups -OCH3 is 2. The fourth-order valence-corrected chi connectivity index (χ4v) is 2.93. The van der Waals surface area contributed by atoms with E-state index in [0.717, 1.165) is 11.1 Å². The van der Waals surface area contributed by atoms with Crippen molar-refractivity contribution in [1.82, 2.24) is 0 Å². The van der Waals surface area contributed by atoms with Crippen molar-refractivity contribution in [3.63, 3.8) is 0 Å². The number of benzene rings is 2. The lowest BCUT2D eigenvalue weighted by Gasteiger charge is -2.28. The third kappa shape index (κ3) is 3.65. The van der Waals surface area contributed by atoms with Gasteiger partial charge in [0.15, 0.2) is 5.78 Å². The summed E-state index contributed by atoms with van der Waals surface area (Å²) in [6.45, 7) is 3.92. The van der Waals surface area contributed by atoms with E-state index in [-0.39, 0.29) is 11.9 Å². The van der Waals surface area contributed by atoms with Crippen LogP contribution in [0.4, 0.5) is 0 Å². The molecule has 136 valence electrons. The van der Waals surface area contributed by atoms with E-state index >= 15 is 0 Å². The number of fused-ring (bicyclic) bond motifs is 1. The lowest BCUT2D eigenvalue weighted by atomic mass is 9.93. The van der Waals surface area contributed by atoms with E-state index in [1.807, 2.05) is 62.4 Å². The lowest BCUT2D eigenvalue weighted by molar-refractivity contribution is 0.0663. The van der Waals surface area contributed by atoms with Gasteiger partial charge in [-0.3, -0.25) is 4.79 Å². The Bertz CT molecular complexity index is 822. The van der Waals surface area contributed by atoms with Crippen molar-refractivity contribution in [1.29, 1.82) is 0 Å². The van der Waals surface area contributed by atoms with Crippen molar-refractivity contribution in [3.8, 4) is 11.5 Å². The maximum absolute atomic E-state index is 12.7. The average molecular weight is 352 g/mol. The molecule has 0 spiro atoms. The molecule has 0 radical (unpaired) electrons. The van der Waals surface area contributed by atoms with Crippen LogP contribution in [-0.4, -0.2) is 25.6 Å². The van der Waals surface area contributed by atoms with Crippen LogP contribution in [0.3, 0.4) is 0 Å². The molecule has 3 rings (SSSR count). The second-order valence-electron chi connectivity index (χ2n) is 6.84. The summed E-state index contributed by atoms with van der Waals surface area (Å²) in [5.74, 6) is 1.30. The summed E-state index contributed by atoms with van der Waals surface area (Å²) >= 11 is 0. The van der Waals surface area contributed by atoms with Gasteiger partial charge >= 0.3 is 0 Å². The molecule has 0 N–H and O–H groups in total. The van der Waals surface area contributed by atoms with Crippen molar-refractivity contribution < 1.29 is 19.0 Å². The fourth-order valence-electron chi connectivity index (χ4n) is 2.93. The molecule has 1 heterocycles. The standard InChI is InChI=1S/C22H24O4/c1-22(2,25-4)13-12-17-19(24-3)11-10-16-18(23)14-20(26-21(16)17)15-8-6-5-7-9-15/h5-13,20H,14H2,1-4H3/b13-12+/t20-/m0/s1. The van der Waals surface area contributed by atoms with Crippen LogP contribution >= 0.6 is 0 Å². The summed E-state index contributed by atoms with van der Waals surface area (Å²) in [6, 6.07) is 13.4. The van der Waals surface area contributed by atoms with Crippen molar-refractivity contribution in [2.45, 2.75) is 32.0 Å². The van der Waals surface area contributed by atoms with E-state index in [4.69, 9.17) is 14.2 Å². The summed E-state index contributed by atoms with van der Waals surface area (Å²) in [5, 5.41) is 0. The lowest BCUT2D eigenvalue weighted by Crippen LogP contribution is -2.21. The van der Waals surface area contributed by atoms with Crippen LogP contribution in [0, 0.1) is 0 Å². The highest BCUT2D eigenvalue weighted by Gasteiger charge is 2.30. The van der Waals surface area contributed by atoms with Gasteiger partial charge in [-0.15, -0.1) is 0 Å². The second-order valence-corrected chi connectivity index (χ2v) is 6.84. The zero-order chi connectivity index (χ0) is 18.7. The van der Waals surface area contributed by atoms with E-state index in [1.54, 1.807) is 20.3 Å². The van der Waals surface area contributed by atoms with Gasteiger partial charge in [-0.1, -0.05) is 36.4 Å². The zero-order valence-corrected chi connectivity index (χ0v) is 15.6. The average Bonchev–Trinajstić information content (AvgIpc) is 2.66. The highest BCUT2D eigenvalue weighted by molar-refractivity contribution is 6.01. The normalized spacial score (nSPS) is 17.1. The molecule has 26 heavy (non-hydrogen) atoms. The first-order chi connectivity index (χ1) is 12.4. The number of rotatable bonds is 5. The van der Waals surface area contributed by atoms with Crippen LogP contribution in [0.15, 0.2) is 48.5 Å². The second kappa shape index (κ2) is 7.34. The Morgan fingerprint density at radius 1 is 1.12 bits per heavy atom. The van der Waals surface area contributed by atoms with E-state index in [2.05, 4.69) is 0 Å². The topological polar surface area (TPSA) is 44.8 Å². The van der Waals surface area contributed by atoms with Gasteiger partial charge < -0.3 is 14.2 Å². The third-order valence-electron chi connectivity index (χ3n) is 4.66. The number of carbonyl (C=O) groups excluding carboxylic acids is 1. The number of Topliss-reactive ketones (excluding diaryl/α,β-unsaturated/α-hetero) is 1. The molecule has 0 bridgehead atoms. The molecule has 4 heteroatoms. The molecular formula is C22H24O4. The predicted molar refractivity (Wildman–Crippen MR) is 102 cm³/mol. The summed E-state index contributed by atoms with van der Waals surface area (Å²) in [6.07, 6.45) is 3.87. The summed E-state index contributed by atoms with van der Waals surface area (Å²) in [7, 11) is 3.27. The van der Waals surface area contributed by atoms with Crippen LogP contribution in [0.5, 0.6) is 11.5 Å². The zero-order valence-electron chi connectivity index (χ0n) is 15.6. The smallest absolute Gasteiger partial charge is 0.170 e. The fraction of sp³-hybridized carbons (Fsp3) is 0.318. The Morgan fingerprint density at radius 3 is 2.50 bits per heavy atom. The molecular weight excluding hydrogens is 328 g/mol. The molecule has 0 unspecified atom stereocenters. The maximum atomic E-state index is 12.7. The van der Waals surface area contributed by atoms with E-state index in [1.165, 1.54) is 0 Å². The highest BCUT2D eigenvalue weighted by atomic mass is 16.5. The van der Waals surface area contributed by atoms with Gasteiger partial charge in [-0.2, -0.15) is 0 Å². The third-order valence-corrected chi connectivity index (χ3v) is 4.66. The maximum Gasteiger partial charge on any atom is 0.170 e. The molecule has 0 saturated carbocycles. The Balaban J connectivity index is 2.06. The first-order valence-corrected chi connectivity index (χ1v) is 8.65. The number of ketones is 1. The number of hydrogen-bond acceptors (Lipinski definition) is 4. The van der Waals surface area contributed by atoms with Crippen molar-refractivity contribution in [2.75, 3.05) is 14.2 Å². The Hall–Kier alpha value is -2.59. The molecule has 2 aromatic carbocycles. The van der Waals surface area contributed by atoms with Gasteiger partial charge in [-0.05, 0) is 37.6 Å². The highest BCUT2D eigenvalue weighted by Crippen LogP contribution is 2.42. The summed E-state index contributed by atoms with van der Waals surface area (Å²) in [5.41, 5.74) is 1.89. The van der Waals surface area contributed by atoms with Crippen molar-refractivity contribution >= 4 is 11.9 Å². The summed E-state index contributed by atoms with van der Waals surface area (Å²) in [4.78, 5) is 12.7.